The van der Waals surface area contributed by atoms with Crippen LogP contribution in [0.4, 0.5) is 5.13 Å². The summed E-state index contributed by atoms with van der Waals surface area (Å²) in [6, 6.07) is 2.24. The highest BCUT2D eigenvalue weighted by Gasteiger charge is 2.19. The smallest absolute Gasteiger partial charge is 0.202 e. The number of aromatic nitrogens is 2. The average molecular weight is 224 g/mol. The molecule has 0 saturated carbocycles. The van der Waals surface area contributed by atoms with E-state index in [0.717, 1.165) is 11.0 Å². The van der Waals surface area contributed by atoms with Crippen molar-refractivity contribution in [3.8, 4) is 6.07 Å². The third-order valence-electron chi connectivity index (χ3n) is 1.86. The van der Waals surface area contributed by atoms with Gasteiger partial charge in [0.2, 0.25) is 5.13 Å². The summed E-state index contributed by atoms with van der Waals surface area (Å²) in [7, 11) is 0. The fraction of sp³-hybridized carbons (Fsp3) is 0.700. The Morgan fingerprint density at radius 3 is 2.67 bits per heavy atom. The van der Waals surface area contributed by atoms with E-state index in [1.165, 1.54) is 11.5 Å². The van der Waals surface area contributed by atoms with E-state index in [1.54, 1.807) is 0 Å². The highest BCUT2D eigenvalue weighted by molar-refractivity contribution is 7.09. The molecule has 5 heteroatoms. The summed E-state index contributed by atoms with van der Waals surface area (Å²) in [6.07, 6.45) is 0.477. The van der Waals surface area contributed by atoms with Crippen LogP contribution in [0.25, 0.3) is 0 Å². The summed E-state index contributed by atoms with van der Waals surface area (Å²) in [5.74, 6) is 0.846. The molecule has 4 nitrogen and oxygen atoms in total. The molecular formula is C10H16N4S. The number of rotatable bonds is 3. The molecule has 0 aliphatic heterocycles. The zero-order valence-electron chi connectivity index (χ0n) is 9.53. The molecule has 15 heavy (non-hydrogen) atoms. The standard InChI is InChI=1S/C10H16N4S/c1-7(5-6-11)12-9-13-8(14-15-9)10(2,3)4/h7H,5H2,1-4H3,(H,12,13,14). The van der Waals surface area contributed by atoms with Crippen molar-refractivity contribution in [3.63, 3.8) is 0 Å². The van der Waals surface area contributed by atoms with Crippen molar-refractivity contribution in [3.05, 3.63) is 5.82 Å². The van der Waals surface area contributed by atoms with Crippen molar-refractivity contribution in [2.24, 2.45) is 0 Å². The normalized spacial score (nSPS) is 13.3. The minimum Gasteiger partial charge on any atom is -0.357 e. The minimum absolute atomic E-state index is 0.0190. The molecule has 82 valence electrons. The SMILES string of the molecule is CC(CC#N)Nc1nc(C(C)(C)C)ns1. The molecule has 0 spiro atoms. The van der Waals surface area contributed by atoms with Gasteiger partial charge in [-0.05, 0) is 6.92 Å². The van der Waals surface area contributed by atoms with E-state index >= 15 is 0 Å². The largest absolute Gasteiger partial charge is 0.357 e. The molecule has 0 aliphatic carbocycles. The van der Waals surface area contributed by atoms with E-state index in [0.29, 0.717) is 6.42 Å². The van der Waals surface area contributed by atoms with Crippen molar-refractivity contribution < 1.29 is 0 Å². The van der Waals surface area contributed by atoms with Crippen LogP contribution >= 0.6 is 11.5 Å². The molecule has 1 aromatic heterocycles. The number of hydrogen-bond donors (Lipinski definition) is 1. The van der Waals surface area contributed by atoms with Gasteiger partial charge in [0.25, 0.3) is 0 Å². The van der Waals surface area contributed by atoms with Gasteiger partial charge in [-0.25, -0.2) is 4.98 Å². The molecule has 0 radical (unpaired) electrons. The fourth-order valence-corrected chi connectivity index (χ4v) is 1.85. The van der Waals surface area contributed by atoms with Gasteiger partial charge in [0.05, 0.1) is 12.5 Å². The van der Waals surface area contributed by atoms with Crippen molar-refractivity contribution in [2.75, 3.05) is 5.32 Å². The minimum atomic E-state index is -0.0190. The lowest BCUT2D eigenvalue weighted by Crippen LogP contribution is -2.16. The molecule has 0 aliphatic rings. The third kappa shape index (κ3) is 3.48. The monoisotopic (exact) mass is 224 g/mol. The molecule has 0 bridgehead atoms. The number of nitrogens with one attached hydrogen (secondary N) is 1. The Bertz CT molecular complexity index is 358. The van der Waals surface area contributed by atoms with Crippen molar-refractivity contribution in [2.45, 2.75) is 45.6 Å². The van der Waals surface area contributed by atoms with Gasteiger partial charge in [-0.2, -0.15) is 9.64 Å². The Labute approximate surface area is 94.5 Å². The van der Waals surface area contributed by atoms with Gasteiger partial charge >= 0.3 is 0 Å². The van der Waals surface area contributed by atoms with Crippen LogP contribution in [-0.4, -0.2) is 15.4 Å². The second-order valence-corrected chi connectivity index (χ2v) is 5.33. The Morgan fingerprint density at radius 2 is 2.20 bits per heavy atom. The quantitative estimate of drug-likeness (QED) is 0.857. The van der Waals surface area contributed by atoms with Crippen LogP contribution in [0.2, 0.25) is 0 Å². The first-order valence-corrected chi connectivity index (χ1v) is 5.68. The summed E-state index contributed by atoms with van der Waals surface area (Å²) in [6.45, 7) is 8.20. The first-order valence-electron chi connectivity index (χ1n) is 4.91. The van der Waals surface area contributed by atoms with Crippen LogP contribution in [0.1, 0.15) is 39.9 Å². The topological polar surface area (TPSA) is 61.6 Å². The first kappa shape index (κ1) is 11.9. The highest BCUT2D eigenvalue weighted by atomic mass is 32.1. The van der Waals surface area contributed by atoms with E-state index in [1.807, 2.05) is 6.92 Å². The van der Waals surface area contributed by atoms with Gasteiger partial charge in [-0.15, -0.1) is 0 Å². The molecule has 1 heterocycles. The van der Waals surface area contributed by atoms with Crippen LogP contribution < -0.4 is 5.32 Å². The van der Waals surface area contributed by atoms with Crippen LogP contribution in [0.15, 0.2) is 0 Å². The van der Waals surface area contributed by atoms with Gasteiger partial charge in [0, 0.05) is 23.0 Å². The van der Waals surface area contributed by atoms with Gasteiger partial charge in [-0.3, -0.25) is 0 Å². The fourth-order valence-electron chi connectivity index (χ4n) is 0.985. The lowest BCUT2D eigenvalue weighted by atomic mass is 9.96. The molecule has 1 unspecified atom stereocenters. The maximum Gasteiger partial charge on any atom is 0.202 e. The number of anilines is 1. The summed E-state index contributed by atoms with van der Waals surface area (Å²) >= 11 is 1.35. The molecule has 0 aromatic carbocycles. The van der Waals surface area contributed by atoms with Crippen molar-refractivity contribution in [1.82, 2.24) is 9.36 Å². The Balaban J connectivity index is 2.66. The predicted octanol–water partition coefficient (Wildman–Crippen LogP) is 2.55. The zero-order valence-corrected chi connectivity index (χ0v) is 10.4. The zero-order chi connectivity index (χ0) is 11.5. The lowest BCUT2D eigenvalue weighted by molar-refractivity contribution is 0.555. The Morgan fingerprint density at radius 1 is 1.53 bits per heavy atom. The molecule has 0 amide bonds. The Kier molecular flexibility index (Phi) is 3.64. The van der Waals surface area contributed by atoms with Gasteiger partial charge < -0.3 is 5.32 Å². The molecule has 0 fully saturated rings. The van der Waals surface area contributed by atoms with Crippen LogP contribution in [0.3, 0.4) is 0 Å². The van der Waals surface area contributed by atoms with E-state index in [4.69, 9.17) is 5.26 Å². The number of nitriles is 1. The highest BCUT2D eigenvalue weighted by Crippen LogP contribution is 2.23. The summed E-state index contributed by atoms with van der Waals surface area (Å²) in [5, 5.41) is 12.5. The number of nitrogens with zero attached hydrogens (tertiary/aromatic N) is 3. The second-order valence-electron chi connectivity index (χ2n) is 4.58. The van der Waals surface area contributed by atoms with E-state index in [2.05, 4.69) is 41.5 Å². The van der Waals surface area contributed by atoms with Crippen molar-refractivity contribution in [1.29, 1.82) is 5.26 Å². The molecular weight excluding hydrogens is 208 g/mol. The van der Waals surface area contributed by atoms with Crippen molar-refractivity contribution >= 4 is 16.7 Å². The lowest BCUT2D eigenvalue weighted by Gasteiger charge is -2.12. The van der Waals surface area contributed by atoms with Gasteiger partial charge in [-0.1, -0.05) is 20.8 Å². The van der Waals surface area contributed by atoms with E-state index in [-0.39, 0.29) is 11.5 Å². The molecule has 1 N–H and O–H groups in total. The number of hydrogen-bond acceptors (Lipinski definition) is 5. The van der Waals surface area contributed by atoms with Gasteiger partial charge in [0.15, 0.2) is 0 Å². The first-order chi connectivity index (χ1) is 6.93. The van der Waals surface area contributed by atoms with Gasteiger partial charge in [0.1, 0.15) is 5.82 Å². The van der Waals surface area contributed by atoms with Crippen LogP contribution in [0.5, 0.6) is 0 Å². The maximum absolute atomic E-state index is 8.53. The van der Waals surface area contributed by atoms with Crippen LogP contribution in [-0.2, 0) is 5.41 Å². The second kappa shape index (κ2) is 4.58. The third-order valence-corrected chi connectivity index (χ3v) is 2.51. The average Bonchev–Trinajstić information content (AvgIpc) is 2.52. The molecule has 1 rings (SSSR count). The summed E-state index contributed by atoms with van der Waals surface area (Å²) in [4.78, 5) is 4.39. The predicted molar refractivity (Wildman–Crippen MR) is 61.9 cm³/mol. The Hall–Kier alpha value is -1.15. The van der Waals surface area contributed by atoms with E-state index < -0.39 is 0 Å². The maximum atomic E-state index is 8.53. The van der Waals surface area contributed by atoms with Crippen LogP contribution in [0, 0.1) is 11.3 Å². The summed E-state index contributed by atoms with van der Waals surface area (Å²) in [5.41, 5.74) is -0.0190. The molecule has 1 atom stereocenters. The molecule has 1 aromatic rings. The van der Waals surface area contributed by atoms with E-state index in [9.17, 15) is 0 Å². The summed E-state index contributed by atoms with van der Waals surface area (Å²) < 4.78 is 4.29. The molecule has 0 saturated heterocycles.